The van der Waals surface area contributed by atoms with Crippen molar-refractivity contribution in [3.8, 4) is 0 Å². The van der Waals surface area contributed by atoms with Crippen LogP contribution >= 0.6 is 0 Å². The monoisotopic (exact) mass is 208 g/mol. The molecular weight excluding hydrogens is 191 g/mol. The quantitative estimate of drug-likeness (QED) is 0.588. The van der Waals surface area contributed by atoms with Crippen molar-refractivity contribution < 1.29 is 4.39 Å². The van der Waals surface area contributed by atoms with Crippen LogP contribution in [-0.4, -0.2) is 11.4 Å². The summed E-state index contributed by atoms with van der Waals surface area (Å²) in [5, 5.41) is 0. The van der Waals surface area contributed by atoms with Crippen LogP contribution in [0.3, 0.4) is 0 Å². The number of hydrogen-bond donors (Lipinski definition) is 1. The van der Waals surface area contributed by atoms with Crippen molar-refractivity contribution in [2.75, 3.05) is 0 Å². The largest absolute Gasteiger partial charge is 0.387 e. The number of amidine groups is 1. The molecule has 2 nitrogen and oxygen atoms in total. The van der Waals surface area contributed by atoms with Crippen molar-refractivity contribution >= 4 is 5.84 Å². The minimum Gasteiger partial charge on any atom is -0.387 e. The lowest BCUT2D eigenvalue weighted by atomic mass is 10.1. The van der Waals surface area contributed by atoms with E-state index in [2.05, 4.69) is 4.99 Å². The van der Waals surface area contributed by atoms with E-state index < -0.39 is 0 Å². The molecule has 2 N–H and O–H groups in total. The summed E-state index contributed by atoms with van der Waals surface area (Å²) < 4.78 is 12.6. The van der Waals surface area contributed by atoms with Crippen LogP contribution in [0.5, 0.6) is 0 Å². The molecule has 0 spiro atoms. The summed E-state index contributed by atoms with van der Waals surface area (Å²) in [4.78, 5) is 4.33. The fraction of sp³-hybridized carbons (Fsp3) is 0.417. The first-order valence-corrected chi connectivity index (χ1v) is 4.95. The van der Waals surface area contributed by atoms with Crippen LogP contribution in [0.25, 0.3) is 0 Å². The first-order chi connectivity index (χ1) is 6.87. The van der Waals surface area contributed by atoms with E-state index in [0.717, 1.165) is 5.56 Å². The summed E-state index contributed by atoms with van der Waals surface area (Å²) in [6.45, 7) is 5.97. The average molecular weight is 208 g/mol. The Morgan fingerprint density at radius 2 is 1.80 bits per heavy atom. The summed E-state index contributed by atoms with van der Waals surface area (Å²) in [6, 6.07) is 6.31. The predicted molar refractivity (Wildman–Crippen MR) is 61.5 cm³/mol. The highest BCUT2D eigenvalue weighted by Gasteiger charge is 2.08. The van der Waals surface area contributed by atoms with Gasteiger partial charge < -0.3 is 5.73 Å². The minimum absolute atomic E-state index is 0.163. The van der Waals surface area contributed by atoms with Gasteiger partial charge in [-0.05, 0) is 38.5 Å². The first kappa shape index (κ1) is 11.7. The smallest absolute Gasteiger partial charge is 0.123 e. The molecular formula is C12H17FN2. The van der Waals surface area contributed by atoms with Crippen molar-refractivity contribution in [3.63, 3.8) is 0 Å². The third kappa shape index (κ3) is 4.58. The number of aliphatic imine (C=N–C) groups is 1. The average Bonchev–Trinajstić information content (AvgIpc) is 2.05. The molecule has 1 aromatic rings. The molecule has 1 rings (SSSR count). The van der Waals surface area contributed by atoms with Gasteiger partial charge in [0.15, 0.2) is 0 Å². The van der Waals surface area contributed by atoms with Crippen LogP contribution in [0.4, 0.5) is 4.39 Å². The number of rotatable bonds is 2. The van der Waals surface area contributed by atoms with Crippen LogP contribution in [-0.2, 0) is 6.42 Å². The standard InChI is InChI=1S/C12H17FN2/c1-12(2,3)15-11(14)8-9-4-6-10(13)7-5-9/h4-7H,8H2,1-3H3,(H2,14,15). The molecule has 0 unspecified atom stereocenters. The molecule has 0 fully saturated rings. The van der Waals surface area contributed by atoms with E-state index in [1.54, 1.807) is 12.1 Å². The van der Waals surface area contributed by atoms with Gasteiger partial charge in [-0.15, -0.1) is 0 Å². The Kier molecular flexibility index (Phi) is 3.45. The molecule has 0 heterocycles. The Hall–Kier alpha value is -1.38. The molecule has 0 bridgehead atoms. The Bertz CT molecular complexity index is 347. The molecule has 82 valence electrons. The number of halogens is 1. The first-order valence-electron chi connectivity index (χ1n) is 4.95. The van der Waals surface area contributed by atoms with Gasteiger partial charge >= 0.3 is 0 Å². The third-order valence-electron chi connectivity index (χ3n) is 1.78. The van der Waals surface area contributed by atoms with Gasteiger partial charge in [0.1, 0.15) is 5.82 Å². The van der Waals surface area contributed by atoms with E-state index in [0.29, 0.717) is 12.3 Å². The molecule has 0 saturated heterocycles. The van der Waals surface area contributed by atoms with Crippen molar-refractivity contribution in [3.05, 3.63) is 35.6 Å². The molecule has 0 aliphatic heterocycles. The van der Waals surface area contributed by atoms with E-state index >= 15 is 0 Å². The molecule has 15 heavy (non-hydrogen) atoms. The number of nitrogens with zero attached hydrogens (tertiary/aromatic N) is 1. The highest BCUT2D eigenvalue weighted by molar-refractivity contribution is 5.83. The van der Waals surface area contributed by atoms with Gasteiger partial charge in [-0.1, -0.05) is 12.1 Å². The topological polar surface area (TPSA) is 38.4 Å². The van der Waals surface area contributed by atoms with Crippen LogP contribution < -0.4 is 5.73 Å². The maximum absolute atomic E-state index is 12.6. The van der Waals surface area contributed by atoms with Gasteiger partial charge in [0.2, 0.25) is 0 Å². The number of benzene rings is 1. The molecule has 3 heteroatoms. The Balaban J connectivity index is 2.70. The lowest BCUT2D eigenvalue weighted by molar-refractivity contribution is 0.581. The molecule has 0 radical (unpaired) electrons. The fourth-order valence-corrected chi connectivity index (χ4v) is 1.28. The van der Waals surface area contributed by atoms with E-state index in [1.807, 2.05) is 20.8 Å². The summed E-state index contributed by atoms with van der Waals surface area (Å²) in [7, 11) is 0. The van der Waals surface area contributed by atoms with E-state index in [-0.39, 0.29) is 11.4 Å². The maximum Gasteiger partial charge on any atom is 0.123 e. The molecule has 0 atom stereocenters. The van der Waals surface area contributed by atoms with E-state index in [4.69, 9.17) is 5.73 Å². The zero-order valence-corrected chi connectivity index (χ0v) is 9.42. The molecule has 0 aliphatic carbocycles. The number of hydrogen-bond acceptors (Lipinski definition) is 1. The normalized spacial score (nSPS) is 12.9. The Morgan fingerprint density at radius 1 is 1.27 bits per heavy atom. The SMILES string of the molecule is CC(C)(C)N=C(N)Cc1ccc(F)cc1. The lowest BCUT2D eigenvalue weighted by Crippen LogP contribution is -2.22. The molecule has 0 saturated carbocycles. The van der Waals surface area contributed by atoms with E-state index in [1.165, 1.54) is 12.1 Å². The van der Waals surface area contributed by atoms with Gasteiger partial charge in [0.25, 0.3) is 0 Å². The molecule has 0 amide bonds. The number of nitrogens with two attached hydrogens (primary N) is 1. The fourth-order valence-electron chi connectivity index (χ4n) is 1.28. The summed E-state index contributed by atoms with van der Waals surface area (Å²) in [5.41, 5.74) is 6.60. The Labute approximate surface area is 90.0 Å². The molecule has 1 aromatic carbocycles. The van der Waals surface area contributed by atoms with Gasteiger partial charge in [-0.2, -0.15) is 0 Å². The second kappa shape index (κ2) is 4.43. The molecule has 0 aliphatic rings. The van der Waals surface area contributed by atoms with Crippen LogP contribution in [0.15, 0.2) is 29.3 Å². The summed E-state index contributed by atoms with van der Waals surface area (Å²) in [5.74, 6) is 0.346. The van der Waals surface area contributed by atoms with Gasteiger partial charge in [-0.3, -0.25) is 4.99 Å². The second-order valence-corrected chi connectivity index (χ2v) is 4.58. The van der Waals surface area contributed by atoms with Crippen LogP contribution in [0.2, 0.25) is 0 Å². The van der Waals surface area contributed by atoms with Gasteiger partial charge in [0.05, 0.1) is 11.4 Å². The summed E-state index contributed by atoms with van der Waals surface area (Å²) in [6.07, 6.45) is 0.567. The van der Waals surface area contributed by atoms with E-state index in [9.17, 15) is 4.39 Å². The van der Waals surface area contributed by atoms with Gasteiger partial charge in [-0.25, -0.2) is 4.39 Å². The molecule has 0 aromatic heterocycles. The highest BCUT2D eigenvalue weighted by Crippen LogP contribution is 2.08. The van der Waals surface area contributed by atoms with Gasteiger partial charge in [0, 0.05) is 6.42 Å². The van der Waals surface area contributed by atoms with Crippen molar-refractivity contribution in [2.24, 2.45) is 10.7 Å². The van der Waals surface area contributed by atoms with Crippen LogP contribution in [0.1, 0.15) is 26.3 Å². The van der Waals surface area contributed by atoms with Crippen LogP contribution in [0, 0.1) is 5.82 Å². The third-order valence-corrected chi connectivity index (χ3v) is 1.78. The zero-order chi connectivity index (χ0) is 11.5. The highest BCUT2D eigenvalue weighted by atomic mass is 19.1. The van der Waals surface area contributed by atoms with Crippen molar-refractivity contribution in [1.29, 1.82) is 0 Å². The minimum atomic E-state index is -0.231. The van der Waals surface area contributed by atoms with Crippen molar-refractivity contribution in [2.45, 2.75) is 32.7 Å². The zero-order valence-electron chi connectivity index (χ0n) is 9.42. The maximum atomic E-state index is 12.6. The second-order valence-electron chi connectivity index (χ2n) is 4.58. The predicted octanol–water partition coefficient (Wildman–Crippen LogP) is 2.52. The van der Waals surface area contributed by atoms with Crippen molar-refractivity contribution in [1.82, 2.24) is 0 Å². The summed E-state index contributed by atoms with van der Waals surface area (Å²) >= 11 is 0. The Morgan fingerprint density at radius 3 is 2.27 bits per heavy atom. The lowest BCUT2D eigenvalue weighted by Gasteiger charge is -2.13.